The molecule has 3 heteroatoms. The van der Waals surface area contributed by atoms with Crippen LogP contribution >= 0.6 is 0 Å². The molecule has 1 rings (SSSR count). The fraction of sp³-hybridized carbons (Fsp3) is 0.364. The van der Waals surface area contributed by atoms with Crippen LogP contribution in [0.5, 0.6) is 0 Å². The summed E-state index contributed by atoms with van der Waals surface area (Å²) in [5, 5.41) is 0. The molecule has 0 heterocycles. The van der Waals surface area contributed by atoms with Crippen molar-refractivity contribution < 1.29 is 88.3 Å². The van der Waals surface area contributed by atoms with E-state index in [1.807, 2.05) is 0 Å². The molecule has 0 atom stereocenters. The Labute approximate surface area is 154 Å². The first kappa shape index (κ1) is 21.3. The van der Waals surface area contributed by atoms with Crippen LogP contribution in [0.4, 0.5) is 0 Å². The molecule has 1 radical (unpaired) electrons. The van der Waals surface area contributed by atoms with E-state index < -0.39 is 0 Å². The smallest absolute Gasteiger partial charge is 0.0247 e. The van der Waals surface area contributed by atoms with Gasteiger partial charge in [0.1, 0.15) is 0 Å². The zero-order valence-electron chi connectivity index (χ0n) is 8.68. The second kappa shape index (κ2) is 9.09. The molecular formula is C11H15I2Sm-2. The van der Waals surface area contributed by atoms with Gasteiger partial charge in [-0.3, -0.25) is 0 Å². The van der Waals surface area contributed by atoms with Gasteiger partial charge < -0.3 is 48.0 Å². The topological polar surface area (TPSA) is 0 Å². The maximum Gasteiger partial charge on any atom is 0.0247 e. The second-order valence-electron chi connectivity index (χ2n) is 3.95. The summed E-state index contributed by atoms with van der Waals surface area (Å²) in [6.07, 6.45) is 8.39. The van der Waals surface area contributed by atoms with E-state index in [2.05, 4.69) is 51.7 Å². The first-order valence-electron chi connectivity index (χ1n) is 3.92. The SMILES string of the molecule is C=C1C=C[C](C(C)(C)C)C=C1.[I-].[I-].[Sm]. The summed E-state index contributed by atoms with van der Waals surface area (Å²) in [6.45, 7) is 10.5. The van der Waals surface area contributed by atoms with E-state index >= 15 is 0 Å². The summed E-state index contributed by atoms with van der Waals surface area (Å²) in [5.41, 5.74) is 1.34. The Morgan fingerprint density at radius 1 is 0.929 bits per heavy atom. The van der Waals surface area contributed by atoms with Crippen molar-refractivity contribution in [2.45, 2.75) is 20.8 Å². The third-order valence-corrected chi connectivity index (χ3v) is 1.82. The molecule has 0 saturated heterocycles. The van der Waals surface area contributed by atoms with Crippen molar-refractivity contribution in [3.8, 4) is 0 Å². The average molecular weight is 551 g/mol. The maximum atomic E-state index is 3.84. The number of allylic oxidation sites excluding steroid dienone is 5. The molecule has 0 aromatic carbocycles. The van der Waals surface area contributed by atoms with Crippen molar-refractivity contribution in [3.05, 3.63) is 42.4 Å². The minimum Gasteiger partial charge on any atom is -1.00 e. The van der Waals surface area contributed by atoms with Gasteiger partial charge in [-0.15, -0.1) is 0 Å². The van der Waals surface area contributed by atoms with E-state index in [-0.39, 0.29) is 93.8 Å². The summed E-state index contributed by atoms with van der Waals surface area (Å²) < 4.78 is 0. The van der Waals surface area contributed by atoms with Gasteiger partial charge in [-0.05, 0) is 11.0 Å². The minimum atomic E-state index is 0. The molecule has 81 valence electrons. The quantitative estimate of drug-likeness (QED) is 0.288. The van der Waals surface area contributed by atoms with Crippen molar-refractivity contribution in [1.29, 1.82) is 0 Å². The zero-order chi connectivity index (χ0) is 8.48. The van der Waals surface area contributed by atoms with E-state index in [1.54, 1.807) is 0 Å². The van der Waals surface area contributed by atoms with Gasteiger partial charge in [-0.25, -0.2) is 0 Å². The molecule has 0 aromatic heterocycles. The van der Waals surface area contributed by atoms with Crippen molar-refractivity contribution >= 4 is 0 Å². The van der Waals surface area contributed by atoms with Crippen molar-refractivity contribution in [2.75, 3.05) is 0 Å². The van der Waals surface area contributed by atoms with E-state index in [4.69, 9.17) is 0 Å². The van der Waals surface area contributed by atoms with Crippen LogP contribution in [0.15, 0.2) is 36.5 Å². The van der Waals surface area contributed by atoms with E-state index in [0.29, 0.717) is 0 Å². The molecule has 0 amide bonds. The standard InChI is InChI=1S/C11H15.2HI.Sm/c1-9-5-7-10(8-6-9)11(2,3)4;;;/h5-8H,1H2,2-4H3;2*1H;/p-2. The molecule has 14 heavy (non-hydrogen) atoms. The van der Waals surface area contributed by atoms with Crippen molar-refractivity contribution in [1.82, 2.24) is 0 Å². The van der Waals surface area contributed by atoms with Gasteiger partial charge in [-0.2, -0.15) is 0 Å². The van der Waals surface area contributed by atoms with Crippen LogP contribution in [0.2, 0.25) is 0 Å². The van der Waals surface area contributed by atoms with Crippen LogP contribution in [0.3, 0.4) is 0 Å². The number of hydrogen-bond acceptors (Lipinski definition) is 0. The van der Waals surface area contributed by atoms with Gasteiger partial charge in [-0.1, -0.05) is 51.7 Å². The number of hydrogen-bond donors (Lipinski definition) is 0. The van der Waals surface area contributed by atoms with Crippen LogP contribution < -0.4 is 48.0 Å². The van der Waals surface area contributed by atoms with Gasteiger partial charge in [0.05, 0.1) is 0 Å². The van der Waals surface area contributed by atoms with Crippen LogP contribution in [0, 0.1) is 51.7 Å². The molecule has 0 fully saturated rings. The molecule has 0 bridgehead atoms. The molecular weight excluding hydrogens is 536 g/mol. The van der Waals surface area contributed by atoms with Gasteiger partial charge in [0.2, 0.25) is 0 Å². The Hall–Kier alpha value is 2.02. The maximum absolute atomic E-state index is 3.84. The molecule has 0 aliphatic heterocycles. The third-order valence-electron chi connectivity index (χ3n) is 1.82. The Bertz CT molecular complexity index is 208. The Balaban J connectivity index is -0.000000403. The summed E-state index contributed by atoms with van der Waals surface area (Å²) in [7, 11) is 0. The van der Waals surface area contributed by atoms with Gasteiger partial charge in [0.25, 0.3) is 0 Å². The molecule has 0 nitrogen and oxygen atoms in total. The Kier molecular flexibility index (Phi) is 13.8. The second-order valence-corrected chi connectivity index (χ2v) is 3.95. The van der Waals surface area contributed by atoms with E-state index in [0.717, 1.165) is 5.57 Å². The molecule has 0 spiro atoms. The molecule has 0 saturated carbocycles. The summed E-state index contributed by atoms with van der Waals surface area (Å²) in [6, 6.07) is 0. The number of rotatable bonds is 0. The Morgan fingerprint density at radius 3 is 1.57 bits per heavy atom. The molecule has 0 N–H and O–H groups in total. The zero-order valence-corrected chi connectivity index (χ0v) is 15.6. The first-order valence-corrected chi connectivity index (χ1v) is 3.92. The fourth-order valence-electron chi connectivity index (χ4n) is 1.00. The van der Waals surface area contributed by atoms with Crippen LogP contribution in [-0.4, -0.2) is 0 Å². The summed E-state index contributed by atoms with van der Waals surface area (Å²) in [4.78, 5) is 0. The molecule has 0 unspecified atom stereocenters. The van der Waals surface area contributed by atoms with Gasteiger partial charge in [0.15, 0.2) is 0 Å². The fourth-order valence-corrected chi connectivity index (χ4v) is 1.00. The Morgan fingerprint density at radius 2 is 1.29 bits per heavy atom. The third kappa shape index (κ3) is 7.32. The normalized spacial score (nSPS) is 15.2. The van der Waals surface area contributed by atoms with Gasteiger partial charge >= 0.3 is 0 Å². The largest absolute Gasteiger partial charge is 1.00 e. The van der Waals surface area contributed by atoms with Gasteiger partial charge in [0, 0.05) is 46.3 Å². The van der Waals surface area contributed by atoms with Crippen molar-refractivity contribution in [2.24, 2.45) is 5.41 Å². The average Bonchev–Trinajstić information content (AvgIpc) is 1.86. The van der Waals surface area contributed by atoms with Crippen molar-refractivity contribution in [3.63, 3.8) is 0 Å². The van der Waals surface area contributed by atoms with E-state index in [1.165, 1.54) is 5.92 Å². The number of halogens is 2. The molecule has 1 aliphatic rings. The summed E-state index contributed by atoms with van der Waals surface area (Å²) >= 11 is 0. The predicted molar refractivity (Wildman–Crippen MR) is 50.1 cm³/mol. The predicted octanol–water partition coefficient (Wildman–Crippen LogP) is -2.70. The van der Waals surface area contributed by atoms with Crippen LogP contribution in [0.1, 0.15) is 20.8 Å². The summed E-state index contributed by atoms with van der Waals surface area (Å²) in [5.74, 6) is 1.37. The minimum absolute atomic E-state index is 0. The van der Waals surface area contributed by atoms with E-state index in [9.17, 15) is 0 Å². The first-order chi connectivity index (χ1) is 5.00. The molecule has 0 aromatic rings. The molecule has 1 aliphatic carbocycles. The van der Waals surface area contributed by atoms with Crippen LogP contribution in [0.25, 0.3) is 0 Å². The monoisotopic (exact) mass is 553 g/mol. The van der Waals surface area contributed by atoms with Crippen LogP contribution in [-0.2, 0) is 0 Å².